The van der Waals surface area contributed by atoms with Crippen LogP contribution in [0.4, 0.5) is 4.39 Å². The van der Waals surface area contributed by atoms with Gasteiger partial charge in [-0.05, 0) is 134 Å². The van der Waals surface area contributed by atoms with Gasteiger partial charge in [0.05, 0.1) is 19.0 Å². The highest BCUT2D eigenvalue weighted by Crippen LogP contribution is 2.47. The summed E-state index contributed by atoms with van der Waals surface area (Å²) in [5.41, 5.74) is 8.69. The number of hydrogen-bond acceptors (Lipinski definition) is 6. The summed E-state index contributed by atoms with van der Waals surface area (Å²) < 4.78 is 49.0. The van der Waals surface area contributed by atoms with Crippen LogP contribution in [0.25, 0.3) is 11.1 Å². The SMILES string of the molecule is Cc1cc(OCCCS(C)(=O)=O)cc(C)c1-c1ccc(F)c2c1CCC2CCCc1ccc([C@H]2C[C@@H]2COCO)nc1. The van der Waals surface area contributed by atoms with E-state index in [1.54, 1.807) is 6.07 Å². The Morgan fingerprint density at radius 3 is 2.57 bits per heavy atom. The minimum atomic E-state index is -3.00. The van der Waals surface area contributed by atoms with Crippen molar-refractivity contribution >= 4 is 9.84 Å². The number of sulfone groups is 1. The largest absolute Gasteiger partial charge is 0.494 e. The first-order valence-electron chi connectivity index (χ1n) is 15.0. The van der Waals surface area contributed by atoms with Gasteiger partial charge in [0.2, 0.25) is 0 Å². The molecule has 2 aliphatic carbocycles. The van der Waals surface area contributed by atoms with Gasteiger partial charge in [0.1, 0.15) is 28.2 Å². The molecule has 3 atom stereocenters. The molecule has 0 spiro atoms. The van der Waals surface area contributed by atoms with Gasteiger partial charge in [-0.2, -0.15) is 0 Å². The van der Waals surface area contributed by atoms with Crippen LogP contribution in [0, 0.1) is 25.6 Å². The normalized spacial score (nSPS) is 19.6. The van der Waals surface area contributed by atoms with E-state index in [1.165, 1.54) is 11.8 Å². The smallest absolute Gasteiger partial charge is 0.147 e. The van der Waals surface area contributed by atoms with Gasteiger partial charge in [-0.3, -0.25) is 4.98 Å². The summed E-state index contributed by atoms with van der Waals surface area (Å²) in [5.74, 6) is 1.83. The van der Waals surface area contributed by atoms with Gasteiger partial charge in [0.15, 0.2) is 0 Å². The maximum atomic E-state index is 15.2. The van der Waals surface area contributed by atoms with E-state index in [4.69, 9.17) is 14.6 Å². The predicted octanol–water partition coefficient (Wildman–Crippen LogP) is 6.44. The fraction of sp³-hybridized carbons (Fsp3) is 0.500. The first kappa shape index (κ1) is 30.6. The van der Waals surface area contributed by atoms with E-state index >= 15 is 4.39 Å². The lowest BCUT2D eigenvalue weighted by Crippen LogP contribution is -2.08. The average Bonchev–Trinajstić information content (AvgIpc) is 3.59. The van der Waals surface area contributed by atoms with Crippen molar-refractivity contribution in [1.82, 2.24) is 4.98 Å². The maximum absolute atomic E-state index is 15.2. The number of rotatable bonds is 14. The van der Waals surface area contributed by atoms with Crippen LogP contribution >= 0.6 is 0 Å². The molecule has 3 aromatic rings. The first-order chi connectivity index (χ1) is 20.1. The number of halogens is 1. The molecule has 1 fully saturated rings. The molecule has 0 saturated heterocycles. The Hall–Kier alpha value is -2.81. The maximum Gasteiger partial charge on any atom is 0.147 e. The van der Waals surface area contributed by atoms with E-state index in [-0.39, 0.29) is 24.3 Å². The molecule has 226 valence electrons. The second kappa shape index (κ2) is 13.2. The van der Waals surface area contributed by atoms with E-state index in [9.17, 15) is 8.42 Å². The van der Waals surface area contributed by atoms with Crippen LogP contribution in [0.5, 0.6) is 5.75 Å². The zero-order valence-electron chi connectivity index (χ0n) is 24.9. The molecule has 1 saturated carbocycles. The molecule has 5 rings (SSSR count). The number of ether oxygens (including phenoxy) is 2. The summed E-state index contributed by atoms with van der Waals surface area (Å²) >= 11 is 0. The summed E-state index contributed by atoms with van der Waals surface area (Å²) in [6, 6.07) is 11.8. The highest BCUT2D eigenvalue weighted by molar-refractivity contribution is 7.90. The van der Waals surface area contributed by atoms with Crippen LogP contribution in [0.3, 0.4) is 0 Å². The number of aromatic nitrogens is 1. The molecular formula is C34H42FNO5S. The zero-order valence-corrected chi connectivity index (χ0v) is 25.7. The highest BCUT2D eigenvalue weighted by Gasteiger charge is 2.39. The zero-order chi connectivity index (χ0) is 29.9. The Morgan fingerprint density at radius 1 is 1.10 bits per heavy atom. The number of aliphatic hydroxyl groups is 1. The second-order valence-electron chi connectivity index (χ2n) is 12.1. The molecule has 2 aliphatic rings. The molecule has 0 amide bonds. The summed E-state index contributed by atoms with van der Waals surface area (Å²) in [7, 11) is -3.00. The summed E-state index contributed by atoms with van der Waals surface area (Å²) in [5, 5.41) is 8.84. The van der Waals surface area contributed by atoms with E-state index in [0.29, 0.717) is 31.5 Å². The van der Waals surface area contributed by atoms with Gasteiger partial charge in [-0.25, -0.2) is 12.8 Å². The molecular weight excluding hydrogens is 553 g/mol. The van der Waals surface area contributed by atoms with E-state index in [0.717, 1.165) is 83.3 Å². The second-order valence-corrected chi connectivity index (χ2v) is 14.3. The molecule has 42 heavy (non-hydrogen) atoms. The van der Waals surface area contributed by atoms with Gasteiger partial charge in [-0.1, -0.05) is 12.1 Å². The van der Waals surface area contributed by atoms with Crippen molar-refractivity contribution in [2.75, 3.05) is 32.0 Å². The monoisotopic (exact) mass is 595 g/mol. The van der Waals surface area contributed by atoms with Crippen molar-refractivity contribution in [3.8, 4) is 16.9 Å². The summed E-state index contributed by atoms with van der Waals surface area (Å²) in [4.78, 5) is 4.69. The third-order valence-corrected chi connectivity index (χ3v) is 9.78. The Labute approximate surface area is 249 Å². The van der Waals surface area contributed by atoms with Crippen LogP contribution in [0.15, 0.2) is 42.6 Å². The fourth-order valence-electron chi connectivity index (χ4n) is 6.63. The van der Waals surface area contributed by atoms with Gasteiger partial charge in [0.25, 0.3) is 0 Å². The fourth-order valence-corrected chi connectivity index (χ4v) is 7.27. The molecule has 0 radical (unpaired) electrons. The van der Waals surface area contributed by atoms with Crippen LogP contribution in [-0.2, 0) is 27.4 Å². The number of hydrogen-bond donors (Lipinski definition) is 1. The van der Waals surface area contributed by atoms with Crippen molar-refractivity contribution in [2.45, 2.75) is 70.6 Å². The molecule has 6 nitrogen and oxygen atoms in total. The Morgan fingerprint density at radius 2 is 1.88 bits per heavy atom. The molecule has 1 heterocycles. The van der Waals surface area contributed by atoms with Crippen molar-refractivity contribution in [1.29, 1.82) is 0 Å². The Bertz CT molecular complexity index is 1480. The summed E-state index contributed by atoms with van der Waals surface area (Å²) in [6.45, 7) is 4.81. The number of nitrogens with zero attached hydrogens (tertiary/aromatic N) is 1. The molecule has 8 heteroatoms. The number of benzene rings is 2. The number of aryl methyl sites for hydroxylation is 3. The minimum absolute atomic E-state index is 0.104. The van der Waals surface area contributed by atoms with Crippen molar-refractivity contribution in [2.24, 2.45) is 5.92 Å². The molecule has 0 bridgehead atoms. The third-order valence-electron chi connectivity index (χ3n) is 8.75. The lowest BCUT2D eigenvalue weighted by Gasteiger charge is -2.18. The molecule has 1 N–H and O–H groups in total. The first-order valence-corrected chi connectivity index (χ1v) is 17.1. The average molecular weight is 596 g/mol. The minimum Gasteiger partial charge on any atom is -0.494 e. The predicted molar refractivity (Wildman–Crippen MR) is 163 cm³/mol. The van der Waals surface area contributed by atoms with Crippen LogP contribution in [0.2, 0.25) is 0 Å². The molecule has 2 aromatic carbocycles. The van der Waals surface area contributed by atoms with Gasteiger partial charge < -0.3 is 14.6 Å². The Balaban J connectivity index is 1.21. The topological polar surface area (TPSA) is 85.7 Å². The van der Waals surface area contributed by atoms with Gasteiger partial charge in [-0.15, -0.1) is 0 Å². The van der Waals surface area contributed by atoms with Gasteiger partial charge in [0, 0.05) is 24.1 Å². The van der Waals surface area contributed by atoms with Crippen molar-refractivity contribution in [3.63, 3.8) is 0 Å². The number of aliphatic hydroxyl groups excluding tert-OH is 1. The van der Waals surface area contributed by atoms with Crippen LogP contribution in [0.1, 0.15) is 77.5 Å². The van der Waals surface area contributed by atoms with E-state index in [2.05, 4.69) is 31.0 Å². The number of pyridine rings is 1. The lowest BCUT2D eigenvalue weighted by atomic mass is 9.88. The third kappa shape index (κ3) is 7.39. The van der Waals surface area contributed by atoms with Crippen molar-refractivity contribution < 1.29 is 27.4 Å². The molecule has 0 aliphatic heterocycles. The Kier molecular flexibility index (Phi) is 9.65. The molecule has 1 aromatic heterocycles. The lowest BCUT2D eigenvalue weighted by molar-refractivity contribution is -0.00679. The van der Waals surface area contributed by atoms with E-state index in [1.807, 2.05) is 24.4 Å². The number of fused-ring (bicyclic) bond motifs is 1. The highest BCUT2D eigenvalue weighted by atomic mass is 32.2. The van der Waals surface area contributed by atoms with E-state index < -0.39 is 9.84 Å². The quantitative estimate of drug-likeness (QED) is 0.171. The van der Waals surface area contributed by atoms with Gasteiger partial charge >= 0.3 is 0 Å². The summed E-state index contributed by atoms with van der Waals surface area (Å²) in [6.07, 6.45) is 9.40. The standard InChI is InChI=1S/C34H42FNO5S/c1-22-16-27(41-14-5-15-42(3,38)39)17-23(2)33(22)28-11-12-31(35)34-25(9-10-29(28)34)7-4-6-24-8-13-32(36-19-24)30-18-26(30)20-40-21-37/h8,11-13,16-17,19,25-26,30,37H,4-7,9-10,14-15,18,20-21H2,1-3H3/t25?,26-,30+/m1/s1. The molecule has 1 unspecified atom stereocenters. The van der Waals surface area contributed by atoms with Crippen LogP contribution < -0.4 is 4.74 Å². The van der Waals surface area contributed by atoms with Crippen molar-refractivity contribution in [3.05, 3.63) is 81.9 Å². The van der Waals surface area contributed by atoms with Crippen LogP contribution in [-0.4, -0.2) is 50.5 Å².